The Bertz CT molecular complexity index is 719. The number of hydrogen-bond acceptors (Lipinski definition) is 2. The van der Waals surface area contributed by atoms with Gasteiger partial charge in [-0.05, 0) is 37.3 Å². The van der Waals surface area contributed by atoms with E-state index in [-0.39, 0.29) is 6.04 Å². The van der Waals surface area contributed by atoms with E-state index in [2.05, 4.69) is 16.5 Å². The Hall–Kier alpha value is -1.45. The lowest BCUT2D eigenvalue weighted by Gasteiger charge is -2.15. The second-order valence-electron chi connectivity index (χ2n) is 4.80. The molecule has 0 aliphatic carbocycles. The highest BCUT2D eigenvalue weighted by molar-refractivity contribution is 6.31. The Labute approximate surface area is 127 Å². The van der Waals surface area contributed by atoms with Gasteiger partial charge in [0, 0.05) is 17.5 Å². The molecule has 3 rings (SSSR count). The Morgan fingerprint density at radius 1 is 1.35 bits per heavy atom. The summed E-state index contributed by atoms with van der Waals surface area (Å²) in [5.41, 5.74) is 1.92. The average Bonchev–Trinajstić information content (AvgIpc) is 3.04. The highest BCUT2D eigenvalue weighted by Gasteiger charge is 2.16. The lowest BCUT2D eigenvalue weighted by atomic mass is 10.2. The zero-order valence-corrected chi connectivity index (χ0v) is 12.5. The number of imidazole rings is 1. The van der Waals surface area contributed by atoms with Crippen molar-refractivity contribution in [2.45, 2.75) is 25.3 Å². The van der Waals surface area contributed by atoms with E-state index in [0.29, 0.717) is 10.9 Å². The maximum Gasteiger partial charge on any atom is 0.125 e. The molecule has 0 spiro atoms. The number of halogens is 2. The standard InChI is InChI=1S/C15H14Cl2N2O/c1-10(7-12-3-2-6-20-12)19-14-5-4-11(17)8-13(14)18-15(19)9-16/h2-6,8,10H,7,9H2,1H3. The second-order valence-corrected chi connectivity index (χ2v) is 5.50. The van der Waals surface area contributed by atoms with Gasteiger partial charge < -0.3 is 8.98 Å². The number of nitrogens with zero attached hydrogens (tertiary/aromatic N) is 2. The van der Waals surface area contributed by atoms with Crippen molar-refractivity contribution in [1.82, 2.24) is 9.55 Å². The summed E-state index contributed by atoms with van der Waals surface area (Å²) in [4.78, 5) is 4.56. The van der Waals surface area contributed by atoms with Crippen molar-refractivity contribution in [2.75, 3.05) is 0 Å². The molecule has 104 valence electrons. The average molecular weight is 309 g/mol. The number of alkyl halides is 1. The summed E-state index contributed by atoms with van der Waals surface area (Å²) < 4.78 is 7.57. The molecule has 3 nitrogen and oxygen atoms in total. The van der Waals surface area contributed by atoms with Gasteiger partial charge in [0.15, 0.2) is 0 Å². The third-order valence-corrected chi connectivity index (χ3v) is 3.84. The minimum Gasteiger partial charge on any atom is -0.469 e. The summed E-state index contributed by atoms with van der Waals surface area (Å²) in [6, 6.07) is 9.81. The van der Waals surface area contributed by atoms with Crippen LogP contribution in [-0.2, 0) is 12.3 Å². The molecular formula is C15H14Cl2N2O. The maximum atomic E-state index is 6.03. The number of furan rings is 1. The molecule has 0 amide bonds. The molecule has 20 heavy (non-hydrogen) atoms. The van der Waals surface area contributed by atoms with E-state index >= 15 is 0 Å². The molecule has 5 heteroatoms. The van der Waals surface area contributed by atoms with Gasteiger partial charge in [0.25, 0.3) is 0 Å². The van der Waals surface area contributed by atoms with Gasteiger partial charge in [-0.3, -0.25) is 0 Å². The minimum atomic E-state index is 0.209. The molecule has 2 aromatic heterocycles. The molecule has 1 atom stereocenters. The SMILES string of the molecule is CC(Cc1ccco1)n1c(CCl)nc2cc(Cl)ccc21. The minimum absolute atomic E-state index is 0.209. The number of aromatic nitrogens is 2. The first-order chi connectivity index (χ1) is 9.69. The molecular weight excluding hydrogens is 295 g/mol. The van der Waals surface area contributed by atoms with Crippen LogP contribution >= 0.6 is 23.2 Å². The summed E-state index contributed by atoms with van der Waals surface area (Å²) >= 11 is 12.1. The van der Waals surface area contributed by atoms with Crippen molar-refractivity contribution >= 4 is 34.2 Å². The number of hydrogen-bond donors (Lipinski definition) is 0. The molecule has 3 aromatic rings. The molecule has 1 unspecified atom stereocenters. The van der Waals surface area contributed by atoms with Crippen LogP contribution in [0.2, 0.25) is 5.02 Å². The second kappa shape index (κ2) is 5.51. The van der Waals surface area contributed by atoms with Gasteiger partial charge in [0.2, 0.25) is 0 Å². The molecule has 0 N–H and O–H groups in total. The molecule has 2 heterocycles. The number of benzene rings is 1. The molecule has 0 aliphatic heterocycles. The Kier molecular flexibility index (Phi) is 3.72. The van der Waals surface area contributed by atoms with Crippen LogP contribution in [-0.4, -0.2) is 9.55 Å². The van der Waals surface area contributed by atoms with Crippen LogP contribution in [0.4, 0.5) is 0 Å². The van der Waals surface area contributed by atoms with Crippen molar-refractivity contribution in [2.24, 2.45) is 0 Å². The van der Waals surface area contributed by atoms with Crippen molar-refractivity contribution in [1.29, 1.82) is 0 Å². The first-order valence-corrected chi connectivity index (χ1v) is 7.35. The van der Waals surface area contributed by atoms with E-state index in [1.54, 1.807) is 6.26 Å². The summed E-state index contributed by atoms with van der Waals surface area (Å²) in [6.07, 6.45) is 2.49. The highest BCUT2D eigenvalue weighted by atomic mass is 35.5. The van der Waals surface area contributed by atoms with Crippen LogP contribution in [0.3, 0.4) is 0 Å². The van der Waals surface area contributed by atoms with Crippen LogP contribution in [0.25, 0.3) is 11.0 Å². The molecule has 0 saturated heterocycles. The van der Waals surface area contributed by atoms with Crippen LogP contribution in [0, 0.1) is 0 Å². The Balaban J connectivity index is 2.04. The summed E-state index contributed by atoms with van der Waals surface area (Å²) in [5, 5.41) is 0.682. The van der Waals surface area contributed by atoms with E-state index < -0.39 is 0 Å². The van der Waals surface area contributed by atoms with Gasteiger partial charge in [-0.25, -0.2) is 4.98 Å². The fourth-order valence-corrected chi connectivity index (χ4v) is 2.87. The maximum absolute atomic E-state index is 6.03. The molecule has 0 radical (unpaired) electrons. The predicted octanol–water partition coefficient (Wildman–Crippen LogP) is 4.83. The normalized spacial score (nSPS) is 12.9. The fourth-order valence-electron chi connectivity index (χ4n) is 2.52. The van der Waals surface area contributed by atoms with Gasteiger partial charge >= 0.3 is 0 Å². The zero-order chi connectivity index (χ0) is 14.1. The topological polar surface area (TPSA) is 31.0 Å². The summed E-state index contributed by atoms with van der Waals surface area (Å²) in [6.45, 7) is 2.13. The Morgan fingerprint density at radius 3 is 2.90 bits per heavy atom. The number of rotatable bonds is 4. The van der Waals surface area contributed by atoms with Gasteiger partial charge in [0.1, 0.15) is 11.6 Å². The van der Waals surface area contributed by atoms with Crippen molar-refractivity contribution in [3.8, 4) is 0 Å². The van der Waals surface area contributed by atoms with E-state index in [9.17, 15) is 0 Å². The van der Waals surface area contributed by atoms with Crippen molar-refractivity contribution in [3.63, 3.8) is 0 Å². The monoisotopic (exact) mass is 308 g/mol. The van der Waals surface area contributed by atoms with Gasteiger partial charge in [-0.1, -0.05) is 11.6 Å². The third-order valence-electron chi connectivity index (χ3n) is 3.36. The fraction of sp³-hybridized carbons (Fsp3) is 0.267. The predicted molar refractivity (Wildman–Crippen MR) is 81.4 cm³/mol. The van der Waals surface area contributed by atoms with Crippen LogP contribution in [0.15, 0.2) is 41.0 Å². The van der Waals surface area contributed by atoms with Crippen LogP contribution in [0.1, 0.15) is 24.6 Å². The largest absolute Gasteiger partial charge is 0.469 e. The van der Waals surface area contributed by atoms with Gasteiger partial charge in [-0.15, -0.1) is 11.6 Å². The Morgan fingerprint density at radius 2 is 2.20 bits per heavy atom. The zero-order valence-electron chi connectivity index (χ0n) is 11.0. The summed E-state index contributed by atoms with van der Waals surface area (Å²) in [5.74, 6) is 2.17. The lowest BCUT2D eigenvalue weighted by Crippen LogP contribution is -2.10. The van der Waals surface area contributed by atoms with E-state index in [4.69, 9.17) is 27.6 Å². The smallest absolute Gasteiger partial charge is 0.125 e. The molecule has 0 fully saturated rings. The third kappa shape index (κ3) is 2.43. The first-order valence-electron chi connectivity index (χ1n) is 6.43. The van der Waals surface area contributed by atoms with Crippen molar-refractivity contribution in [3.05, 3.63) is 53.2 Å². The quantitative estimate of drug-likeness (QED) is 0.647. The van der Waals surface area contributed by atoms with Crippen molar-refractivity contribution < 1.29 is 4.42 Å². The molecule has 0 aliphatic rings. The van der Waals surface area contributed by atoms with E-state index in [1.807, 2.05) is 30.3 Å². The number of fused-ring (bicyclic) bond motifs is 1. The van der Waals surface area contributed by atoms with Gasteiger partial charge in [0.05, 0.1) is 23.2 Å². The lowest BCUT2D eigenvalue weighted by molar-refractivity contribution is 0.449. The van der Waals surface area contributed by atoms with Crippen LogP contribution < -0.4 is 0 Å². The highest BCUT2D eigenvalue weighted by Crippen LogP contribution is 2.26. The molecule has 0 bridgehead atoms. The van der Waals surface area contributed by atoms with Gasteiger partial charge in [-0.2, -0.15) is 0 Å². The molecule has 1 aromatic carbocycles. The van der Waals surface area contributed by atoms with E-state index in [0.717, 1.165) is 29.0 Å². The first kappa shape index (κ1) is 13.5. The van der Waals surface area contributed by atoms with Crippen LogP contribution in [0.5, 0.6) is 0 Å². The molecule has 0 saturated carbocycles. The van der Waals surface area contributed by atoms with E-state index in [1.165, 1.54) is 0 Å². The summed E-state index contributed by atoms with van der Waals surface area (Å²) in [7, 11) is 0.